The summed E-state index contributed by atoms with van der Waals surface area (Å²) in [7, 11) is 0. The summed E-state index contributed by atoms with van der Waals surface area (Å²) in [6, 6.07) is 0.145. The summed E-state index contributed by atoms with van der Waals surface area (Å²) < 4.78 is 2.15. The lowest BCUT2D eigenvalue weighted by Gasteiger charge is -2.15. The first kappa shape index (κ1) is 11.6. The van der Waals surface area contributed by atoms with Crippen LogP contribution in [0.5, 0.6) is 0 Å². The minimum atomic E-state index is 0.145. The lowest BCUT2D eigenvalue weighted by molar-refractivity contribution is 0.528. The predicted octanol–water partition coefficient (Wildman–Crippen LogP) is 1.16. The molecule has 1 unspecified atom stereocenters. The van der Waals surface area contributed by atoms with Gasteiger partial charge in [0, 0.05) is 24.7 Å². The van der Waals surface area contributed by atoms with Crippen LogP contribution in [0.25, 0.3) is 0 Å². The van der Waals surface area contributed by atoms with E-state index >= 15 is 0 Å². The number of nitrogens with one attached hydrogen (secondary N) is 1. The first-order valence-corrected chi connectivity index (χ1v) is 6.19. The van der Waals surface area contributed by atoms with Gasteiger partial charge in [-0.25, -0.2) is 10.4 Å². The van der Waals surface area contributed by atoms with E-state index in [0.717, 1.165) is 24.5 Å². The third kappa shape index (κ3) is 2.73. The standard InChI is InChI=1S/C9H18N4S/c1-3-5-13-6-4-11-9(13)8(12-10)7-14-2/h4,6,8,12H,3,5,7,10H2,1-2H3. The number of hydrogen-bond donors (Lipinski definition) is 2. The summed E-state index contributed by atoms with van der Waals surface area (Å²) in [5.74, 6) is 7.47. The molecule has 80 valence electrons. The molecule has 0 aliphatic heterocycles. The minimum Gasteiger partial charge on any atom is -0.334 e. The fraction of sp³-hybridized carbons (Fsp3) is 0.667. The number of nitrogens with two attached hydrogens (primary N) is 1. The van der Waals surface area contributed by atoms with Crippen molar-refractivity contribution in [2.45, 2.75) is 25.9 Å². The zero-order valence-corrected chi connectivity index (χ0v) is 9.55. The van der Waals surface area contributed by atoms with Crippen LogP contribution in [0.1, 0.15) is 25.2 Å². The first-order valence-electron chi connectivity index (χ1n) is 4.79. The van der Waals surface area contributed by atoms with E-state index in [9.17, 15) is 0 Å². The van der Waals surface area contributed by atoms with Crippen LogP contribution in [-0.2, 0) is 6.54 Å². The highest BCUT2D eigenvalue weighted by Gasteiger charge is 2.13. The van der Waals surface area contributed by atoms with E-state index in [4.69, 9.17) is 5.84 Å². The molecule has 4 nitrogen and oxygen atoms in total. The van der Waals surface area contributed by atoms with Crippen LogP contribution in [-0.4, -0.2) is 21.6 Å². The third-order valence-corrected chi connectivity index (χ3v) is 2.73. The van der Waals surface area contributed by atoms with Crippen molar-refractivity contribution in [1.29, 1.82) is 0 Å². The van der Waals surface area contributed by atoms with E-state index in [1.54, 1.807) is 11.8 Å². The molecular weight excluding hydrogens is 196 g/mol. The van der Waals surface area contributed by atoms with Crippen LogP contribution < -0.4 is 11.3 Å². The monoisotopic (exact) mass is 214 g/mol. The Morgan fingerprint density at radius 1 is 1.71 bits per heavy atom. The number of thioether (sulfide) groups is 1. The Kier molecular flexibility index (Phi) is 5.00. The second-order valence-corrected chi connectivity index (χ2v) is 4.06. The quantitative estimate of drug-likeness (QED) is 0.551. The molecule has 1 heterocycles. The number of hydrazine groups is 1. The van der Waals surface area contributed by atoms with E-state index in [1.807, 2.05) is 12.4 Å². The van der Waals surface area contributed by atoms with Crippen LogP contribution in [0.4, 0.5) is 0 Å². The number of aromatic nitrogens is 2. The van der Waals surface area contributed by atoms with E-state index in [-0.39, 0.29) is 6.04 Å². The maximum atomic E-state index is 5.50. The molecule has 3 N–H and O–H groups in total. The van der Waals surface area contributed by atoms with Crippen molar-refractivity contribution in [3.63, 3.8) is 0 Å². The SMILES string of the molecule is CCCn1ccnc1C(CSC)NN. The molecule has 14 heavy (non-hydrogen) atoms. The predicted molar refractivity (Wildman–Crippen MR) is 61.0 cm³/mol. The van der Waals surface area contributed by atoms with Gasteiger partial charge in [-0.15, -0.1) is 0 Å². The molecule has 0 amide bonds. The summed E-state index contributed by atoms with van der Waals surface area (Å²) in [5, 5.41) is 0. The molecule has 0 saturated carbocycles. The molecule has 1 aromatic heterocycles. The first-order chi connectivity index (χ1) is 6.83. The second-order valence-electron chi connectivity index (χ2n) is 3.15. The third-order valence-electron chi connectivity index (χ3n) is 2.06. The molecule has 0 saturated heterocycles. The zero-order valence-electron chi connectivity index (χ0n) is 8.73. The molecule has 0 aliphatic carbocycles. The molecule has 1 rings (SSSR count). The molecular formula is C9H18N4S. The number of hydrogen-bond acceptors (Lipinski definition) is 4. The van der Waals surface area contributed by atoms with Gasteiger partial charge in [0.15, 0.2) is 0 Å². The maximum Gasteiger partial charge on any atom is 0.128 e. The number of nitrogens with zero attached hydrogens (tertiary/aromatic N) is 2. The number of rotatable bonds is 6. The van der Waals surface area contributed by atoms with Gasteiger partial charge >= 0.3 is 0 Å². The summed E-state index contributed by atoms with van der Waals surface area (Å²) in [5.41, 5.74) is 2.80. The normalized spacial score (nSPS) is 13.1. The van der Waals surface area contributed by atoms with Gasteiger partial charge in [-0.3, -0.25) is 5.84 Å². The van der Waals surface area contributed by atoms with Crippen molar-refractivity contribution in [2.75, 3.05) is 12.0 Å². The number of aryl methyl sites for hydroxylation is 1. The fourth-order valence-electron chi connectivity index (χ4n) is 1.42. The van der Waals surface area contributed by atoms with E-state index in [0.29, 0.717) is 0 Å². The number of imidazole rings is 1. The Hall–Kier alpha value is -0.520. The van der Waals surface area contributed by atoms with E-state index in [2.05, 4.69) is 28.2 Å². The van der Waals surface area contributed by atoms with Crippen molar-refractivity contribution in [1.82, 2.24) is 15.0 Å². The van der Waals surface area contributed by atoms with Crippen molar-refractivity contribution < 1.29 is 0 Å². The second kappa shape index (κ2) is 6.06. The molecule has 0 spiro atoms. The largest absolute Gasteiger partial charge is 0.334 e. The van der Waals surface area contributed by atoms with Gasteiger partial charge in [-0.1, -0.05) is 6.92 Å². The molecule has 1 atom stereocenters. The highest BCUT2D eigenvalue weighted by atomic mass is 32.2. The van der Waals surface area contributed by atoms with Gasteiger partial charge in [0.1, 0.15) is 5.82 Å². The average molecular weight is 214 g/mol. The van der Waals surface area contributed by atoms with Crippen LogP contribution in [0, 0.1) is 0 Å². The van der Waals surface area contributed by atoms with E-state index in [1.165, 1.54) is 0 Å². The van der Waals surface area contributed by atoms with Crippen LogP contribution in [0.2, 0.25) is 0 Å². The van der Waals surface area contributed by atoms with E-state index < -0.39 is 0 Å². The highest BCUT2D eigenvalue weighted by molar-refractivity contribution is 7.98. The summed E-state index contributed by atoms with van der Waals surface area (Å²) >= 11 is 1.76. The Balaban J connectivity index is 2.74. The summed E-state index contributed by atoms with van der Waals surface area (Å²) in [4.78, 5) is 4.33. The molecule has 0 bridgehead atoms. The Morgan fingerprint density at radius 3 is 3.07 bits per heavy atom. The van der Waals surface area contributed by atoms with Gasteiger partial charge in [0.2, 0.25) is 0 Å². The zero-order chi connectivity index (χ0) is 10.4. The maximum absolute atomic E-state index is 5.50. The van der Waals surface area contributed by atoms with Gasteiger partial charge in [-0.2, -0.15) is 11.8 Å². The van der Waals surface area contributed by atoms with Crippen molar-refractivity contribution >= 4 is 11.8 Å². The molecule has 0 fully saturated rings. The molecule has 0 aromatic carbocycles. The van der Waals surface area contributed by atoms with Gasteiger partial charge < -0.3 is 4.57 Å². The fourth-order valence-corrected chi connectivity index (χ4v) is 2.00. The van der Waals surface area contributed by atoms with Crippen LogP contribution in [0.15, 0.2) is 12.4 Å². The molecule has 0 aliphatic rings. The van der Waals surface area contributed by atoms with Gasteiger partial charge in [-0.05, 0) is 12.7 Å². The van der Waals surface area contributed by atoms with Gasteiger partial charge in [0.05, 0.1) is 6.04 Å². The smallest absolute Gasteiger partial charge is 0.128 e. The van der Waals surface area contributed by atoms with Crippen LogP contribution in [0.3, 0.4) is 0 Å². The summed E-state index contributed by atoms with van der Waals surface area (Å²) in [6.07, 6.45) is 7.01. The summed E-state index contributed by atoms with van der Waals surface area (Å²) in [6.45, 7) is 3.16. The van der Waals surface area contributed by atoms with Crippen molar-refractivity contribution in [3.8, 4) is 0 Å². The molecule has 5 heteroatoms. The molecule has 0 radical (unpaired) electrons. The Morgan fingerprint density at radius 2 is 2.50 bits per heavy atom. The molecule has 1 aromatic rings. The van der Waals surface area contributed by atoms with Crippen molar-refractivity contribution in [2.24, 2.45) is 5.84 Å². The van der Waals surface area contributed by atoms with Crippen LogP contribution >= 0.6 is 11.8 Å². The lowest BCUT2D eigenvalue weighted by atomic mass is 10.3. The average Bonchev–Trinajstić information content (AvgIpc) is 2.63. The topological polar surface area (TPSA) is 55.9 Å². The Labute approximate surface area is 89.2 Å². The highest BCUT2D eigenvalue weighted by Crippen LogP contribution is 2.14. The minimum absolute atomic E-state index is 0.145. The Bertz CT molecular complexity index is 261. The van der Waals surface area contributed by atoms with Gasteiger partial charge in [0.25, 0.3) is 0 Å². The van der Waals surface area contributed by atoms with Crippen molar-refractivity contribution in [3.05, 3.63) is 18.2 Å². The lowest BCUT2D eigenvalue weighted by Crippen LogP contribution is -2.31.